The molecule has 0 unspecified atom stereocenters. The second kappa shape index (κ2) is 10.7. The van der Waals surface area contributed by atoms with Crippen LogP contribution >= 0.6 is 20.6 Å². The first-order valence-electron chi connectivity index (χ1n) is 2.35. The number of hydrogen-bond acceptors (Lipinski definition) is 4. The monoisotopic (exact) mass is 234 g/mol. The van der Waals surface area contributed by atoms with Crippen molar-refractivity contribution in [1.29, 1.82) is 0 Å². The van der Waals surface area contributed by atoms with Gasteiger partial charge in [-0.1, -0.05) is 17.7 Å². The molecule has 0 aromatic rings. The zero-order chi connectivity index (χ0) is 7.33. The summed E-state index contributed by atoms with van der Waals surface area (Å²) in [6.45, 7) is 1.94. The molecule has 0 aliphatic carbocycles. The van der Waals surface area contributed by atoms with Crippen molar-refractivity contribution in [1.82, 2.24) is 0 Å². The van der Waals surface area contributed by atoms with Crippen molar-refractivity contribution in [2.24, 2.45) is 0 Å². The molecule has 0 bridgehead atoms. The molecule has 0 atom stereocenters. The fourth-order valence-electron chi connectivity index (χ4n) is 0.178. The van der Waals surface area contributed by atoms with E-state index in [0.29, 0.717) is 9.83 Å². The van der Waals surface area contributed by atoms with Crippen molar-refractivity contribution in [3.05, 3.63) is 0 Å². The van der Waals surface area contributed by atoms with E-state index in [4.69, 9.17) is 4.55 Å². The zero-order valence-electron chi connectivity index (χ0n) is 6.90. The van der Waals surface area contributed by atoms with Gasteiger partial charge < -0.3 is 0 Å². The average Bonchev–Trinajstić information content (AvgIpc) is 1.63. The predicted octanol–water partition coefficient (Wildman–Crippen LogP) is 0.819. The van der Waals surface area contributed by atoms with Crippen LogP contribution in [0.2, 0.25) is 0 Å². The zero-order valence-corrected chi connectivity index (χ0v) is 13.4. The maximum absolute atomic E-state index is 10.0. The average molecular weight is 234 g/mol. The minimum absolute atomic E-state index is 0. The van der Waals surface area contributed by atoms with Crippen LogP contribution in [0.3, 0.4) is 0 Å². The van der Waals surface area contributed by atoms with Crippen LogP contribution in [0.15, 0.2) is 0 Å². The Morgan fingerprint density at radius 1 is 1.36 bits per heavy atom. The quantitative estimate of drug-likeness (QED) is 0.338. The van der Waals surface area contributed by atoms with Gasteiger partial charge >= 0.3 is 9.15 Å². The Labute approximate surface area is 119 Å². The molecule has 11 heavy (non-hydrogen) atoms. The van der Waals surface area contributed by atoms with E-state index in [1.807, 2.05) is 6.92 Å². The van der Waals surface area contributed by atoms with Crippen molar-refractivity contribution in [2.75, 3.05) is 5.75 Å². The first-order chi connectivity index (χ1) is 4.06. The predicted molar refractivity (Wildman–Crippen MR) is 53.4 cm³/mol. The molecule has 0 aromatic carbocycles. The second-order valence-corrected chi connectivity index (χ2v) is 6.56. The van der Waals surface area contributed by atoms with Crippen LogP contribution in [0.1, 0.15) is 13.3 Å². The van der Waals surface area contributed by atoms with Gasteiger partial charge in [-0.15, -0.1) is 0 Å². The van der Waals surface area contributed by atoms with E-state index in [2.05, 4.69) is 0 Å². The Morgan fingerprint density at radius 2 is 1.82 bits per heavy atom. The maximum atomic E-state index is 10.0. The van der Waals surface area contributed by atoms with E-state index in [0.717, 1.165) is 23.0 Å². The van der Waals surface area contributed by atoms with E-state index in [-0.39, 0.29) is 59.1 Å². The van der Waals surface area contributed by atoms with Gasteiger partial charge in [0.1, 0.15) is 0 Å². The summed E-state index contributed by atoms with van der Waals surface area (Å²) >= 11 is 0. The van der Waals surface area contributed by atoms with E-state index < -0.39 is 9.15 Å². The minimum Gasteiger partial charge on any atom is -0.277 e. The van der Waals surface area contributed by atoms with Gasteiger partial charge in [0.15, 0.2) is 0 Å². The molecule has 8 heteroatoms. The first kappa shape index (κ1) is 19.2. The van der Waals surface area contributed by atoms with Gasteiger partial charge in [0.05, 0.1) is 9.83 Å². The fraction of sp³-hybridized carbons (Fsp3) is 1.00. The van der Waals surface area contributed by atoms with Gasteiger partial charge in [0.25, 0.3) is 0 Å². The van der Waals surface area contributed by atoms with Crippen molar-refractivity contribution in [2.45, 2.75) is 13.3 Å². The van der Waals surface area contributed by atoms with Gasteiger partial charge in [0, 0.05) is 64.9 Å². The van der Waals surface area contributed by atoms with Crippen LogP contribution in [0.5, 0.6) is 0 Å². The van der Waals surface area contributed by atoms with Gasteiger partial charge in [-0.3, -0.25) is 4.55 Å². The molecule has 3 nitrogen and oxygen atoms in total. The van der Waals surface area contributed by atoms with E-state index in [1.165, 1.54) is 0 Å². The molecule has 2 radical (unpaired) electrons. The molecule has 0 fully saturated rings. The Morgan fingerprint density at radius 3 is 2.09 bits per heavy atom. The third-order valence-electron chi connectivity index (χ3n) is 0.422. The second-order valence-electron chi connectivity index (χ2n) is 1.32. The molecule has 0 aliphatic heterocycles. The van der Waals surface area contributed by atoms with Gasteiger partial charge in [0.2, 0.25) is 0 Å². The van der Waals surface area contributed by atoms with Gasteiger partial charge in [-0.2, -0.15) is 8.42 Å². The Bertz CT molecular complexity index is 157. The third-order valence-corrected chi connectivity index (χ3v) is 4.98. The molecule has 0 spiro atoms. The largest absolute Gasteiger partial charge is 0.329 e. The van der Waals surface area contributed by atoms with E-state index in [9.17, 15) is 8.42 Å². The summed E-state index contributed by atoms with van der Waals surface area (Å²) in [6.07, 6.45) is 0.910. The Kier molecular flexibility index (Phi) is 18.7. The SMILES string of the molecule is CCCSSS(=O)(=O)O.[Na].[Na]. The third kappa shape index (κ3) is 19.1. The normalized spacial score (nSPS) is 9.64. The molecular weight excluding hydrogens is 226 g/mol. The summed E-state index contributed by atoms with van der Waals surface area (Å²) in [4.78, 5) is 0. The van der Waals surface area contributed by atoms with Crippen molar-refractivity contribution in [3.8, 4) is 0 Å². The van der Waals surface area contributed by atoms with Gasteiger partial charge in [-0.05, 0) is 6.42 Å². The van der Waals surface area contributed by atoms with Crippen molar-refractivity contribution in [3.63, 3.8) is 0 Å². The van der Waals surface area contributed by atoms with Crippen LogP contribution in [0, 0.1) is 0 Å². The molecule has 1 N–H and O–H groups in total. The number of hydrogen-bond donors (Lipinski definition) is 1. The summed E-state index contributed by atoms with van der Waals surface area (Å²) in [5.41, 5.74) is 0. The molecule has 0 heterocycles. The molecule has 0 rings (SSSR count). The summed E-state index contributed by atoms with van der Waals surface area (Å²) < 4.78 is 28.2. The molecule has 0 saturated carbocycles. The molecule has 58 valence electrons. The van der Waals surface area contributed by atoms with Crippen LogP contribution in [0.4, 0.5) is 0 Å². The fourth-order valence-corrected chi connectivity index (χ4v) is 3.31. The van der Waals surface area contributed by atoms with E-state index >= 15 is 0 Å². The maximum Gasteiger partial charge on any atom is 0.329 e. The molecule has 0 saturated heterocycles. The summed E-state index contributed by atoms with van der Waals surface area (Å²) in [7, 11) is -2.18. The van der Waals surface area contributed by atoms with Crippen LogP contribution in [0.25, 0.3) is 0 Å². The van der Waals surface area contributed by atoms with Gasteiger partial charge in [-0.25, -0.2) is 0 Å². The van der Waals surface area contributed by atoms with Crippen LogP contribution in [-0.4, -0.2) is 77.8 Å². The van der Waals surface area contributed by atoms with Crippen molar-refractivity contribution >= 4 is 88.9 Å². The standard InChI is InChI=1S/C3H8O3S3.2Na/c1-2-3-7-8-9(4,5)6;;/h2-3H2,1H3,(H,4,5,6);;. The molecule has 0 amide bonds. The Balaban J connectivity index is -0.000000320. The topological polar surface area (TPSA) is 54.4 Å². The smallest absolute Gasteiger partial charge is 0.277 e. The summed E-state index contributed by atoms with van der Waals surface area (Å²) in [5.74, 6) is 0.741. The van der Waals surface area contributed by atoms with Crippen LogP contribution in [-0.2, 0) is 9.15 Å². The Hall–Kier alpha value is 2.61. The molecule has 0 aromatic heterocycles. The van der Waals surface area contributed by atoms with E-state index in [1.54, 1.807) is 0 Å². The first-order valence-corrected chi connectivity index (χ1v) is 6.62. The minimum atomic E-state index is -3.82. The summed E-state index contributed by atoms with van der Waals surface area (Å²) in [5, 5.41) is 0. The summed E-state index contributed by atoms with van der Waals surface area (Å²) in [6, 6.07) is 0. The molecule has 0 aliphatic rings. The number of rotatable bonds is 4. The van der Waals surface area contributed by atoms with Crippen molar-refractivity contribution < 1.29 is 13.0 Å². The van der Waals surface area contributed by atoms with Crippen LogP contribution < -0.4 is 0 Å². The molecular formula is C3H8Na2O3S3.